The Morgan fingerprint density at radius 3 is 2.35 bits per heavy atom. The van der Waals surface area contributed by atoms with Crippen molar-refractivity contribution in [1.29, 1.82) is 0 Å². The van der Waals surface area contributed by atoms with Gasteiger partial charge in [-0.05, 0) is 18.1 Å². The molecular formula is C18H16F2N2O4. The van der Waals surface area contributed by atoms with Gasteiger partial charge in [0.05, 0.1) is 18.4 Å². The maximum Gasteiger partial charge on any atom is 0.340 e. The second-order valence-corrected chi connectivity index (χ2v) is 5.25. The molecule has 0 unspecified atom stereocenters. The fourth-order valence-electron chi connectivity index (χ4n) is 2.14. The van der Waals surface area contributed by atoms with Crippen LogP contribution in [0.4, 0.5) is 14.5 Å². The lowest BCUT2D eigenvalue weighted by molar-refractivity contribution is -0.136. The molecule has 0 aliphatic rings. The van der Waals surface area contributed by atoms with Gasteiger partial charge in [-0.25, -0.2) is 13.6 Å². The van der Waals surface area contributed by atoms with Crippen LogP contribution < -0.4 is 10.6 Å². The van der Waals surface area contributed by atoms with E-state index in [9.17, 15) is 23.2 Å². The van der Waals surface area contributed by atoms with E-state index in [1.807, 2.05) is 35.6 Å². The molecule has 0 atom stereocenters. The number of benzene rings is 2. The van der Waals surface area contributed by atoms with Crippen molar-refractivity contribution in [3.63, 3.8) is 0 Å². The molecule has 2 aromatic carbocycles. The highest BCUT2D eigenvalue weighted by Gasteiger charge is 2.20. The lowest BCUT2D eigenvalue weighted by atomic mass is 10.1. The first-order chi connectivity index (χ1) is 12.4. The summed E-state index contributed by atoms with van der Waals surface area (Å²) < 4.78 is 31.7. The van der Waals surface area contributed by atoms with E-state index in [0.717, 1.165) is 18.7 Å². The van der Waals surface area contributed by atoms with Gasteiger partial charge in [-0.3, -0.25) is 9.59 Å². The highest BCUT2D eigenvalue weighted by molar-refractivity contribution is 6.39. The van der Waals surface area contributed by atoms with E-state index in [0.29, 0.717) is 12.5 Å². The van der Waals surface area contributed by atoms with Crippen LogP contribution in [0.25, 0.3) is 0 Å². The van der Waals surface area contributed by atoms with Crippen molar-refractivity contribution in [2.75, 3.05) is 19.0 Å². The lowest BCUT2D eigenvalue weighted by Gasteiger charge is -2.09. The first-order valence-corrected chi connectivity index (χ1v) is 7.63. The molecule has 0 aliphatic carbocycles. The van der Waals surface area contributed by atoms with Gasteiger partial charge >= 0.3 is 17.8 Å². The summed E-state index contributed by atoms with van der Waals surface area (Å²) in [5.74, 6) is -5.42. The number of methoxy groups -OCH3 is 1. The van der Waals surface area contributed by atoms with Crippen LogP contribution in [0.3, 0.4) is 0 Å². The van der Waals surface area contributed by atoms with Gasteiger partial charge in [-0.15, -0.1) is 0 Å². The molecule has 2 rings (SSSR count). The molecule has 0 aliphatic heterocycles. The van der Waals surface area contributed by atoms with Crippen LogP contribution in [0, 0.1) is 11.6 Å². The summed E-state index contributed by atoms with van der Waals surface area (Å²) in [4.78, 5) is 35.0. The SMILES string of the molecule is COC(=O)c1cc(NC(=O)C(=O)NCCc2ccccc2)c(F)cc1F. The molecule has 0 radical (unpaired) electrons. The van der Waals surface area contributed by atoms with Gasteiger partial charge in [0.2, 0.25) is 0 Å². The van der Waals surface area contributed by atoms with Crippen LogP contribution in [0.15, 0.2) is 42.5 Å². The van der Waals surface area contributed by atoms with E-state index in [1.54, 1.807) is 0 Å². The van der Waals surface area contributed by atoms with Crippen molar-refractivity contribution in [3.05, 3.63) is 65.2 Å². The summed E-state index contributed by atoms with van der Waals surface area (Å²) in [6.07, 6.45) is 0.511. The summed E-state index contributed by atoms with van der Waals surface area (Å²) in [7, 11) is 1.03. The maximum atomic E-state index is 13.8. The highest BCUT2D eigenvalue weighted by atomic mass is 19.1. The van der Waals surface area contributed by atoms with Gasteiger partial charge in [0.25, 0.3) is 0 Å². The molecular weight excluding hydrogens is 346 g/mol. The van der Waals surface area contributed by atoms with Gasteiger partial charge in [-0.2, -0.15) is 0 Å². The number of hydrogen-bond donors (Lipinski definition) is 2. The number of halogens is 2. The number of carbonyl (C=O) groups excluding carboxylic acids is 3. The normalized spacial score (nSPS) is 10.1. The Hall–Kier alpha value is -3.29. The van der Waals surface area contributed by atoms with Crippen LogP contribution in [0.5, 0.6) is 0 Å². The monoisotopic (exact) mass is 362 g/mol. The third kappa shape index (κ3) is 4.85. The van der Waals surface area contributed by atoms with Crippen LogP contribution in [0.1, 0.15) is 15.9 Å². The Morgan fingerprint density at radius 2 is 1.69 bits per heavy atom. The zero-order chi connectivity index (χ0) is 19.1. The third-order valence-electron chi connectivity index (χ3n) is 3.46. The summed E-state index contributed by atoms with van der Waals surface area (Å²) in [6.45, 7) is 0.204. The zero-order valence-corrected chi connectivity index (χ0v) is 13.8. The van der Waals surface area contributed by atoms with Crippen LogP contribution in [-0.2, 0) is 20.7 Å². The average Bonchev–Trinajstić information content (AvgIpc) is 2.64. The van der Waals surface area contributed by atoms with E-state index in [1.165, 1.54) is 0 Å². The summed E-state index contributed by atoms with van der Waals surface area (Å²) in [5.41, 5.74) is -0.0933. The van der Waals surface area contributed by atoms with Crippen molar-refractivity contribution in [2.45, 2.75) is 6.42 Å². The van der Waals surface area contributed by atoms with Crippen molar-refractivity contribution in [2.24, 2.45) is 0 Å². The molecule has 26 heavy (non-hydrogen) atoms. The van der Waals surface area contributed by atoms with Gasteiger partial charge in [0.1, 0.15) is 11.6 Å². The molecule has 136 valence electrons. The smallest absolute Gasteiger partial charge is 0.340 e. The Bertz CT molecular complexity index is 825. The Morgan fingerprint density at radius 1 is 1.00 bits per heavy atom. The first kappa shape index (κ1) is 19.0. The first-order valence-electron chi connectivity index (χ1n) is 7.63. The molecule has 0 heterocycles. The number of nitrogens with one attached hydrogen (secondary N) is 2. The van der Waals surface area contributed by atoms with Crippen molar-refractivity contribution < 1.29 is 27.9 Å². The molecule has 0 fully saturated rings. The van der Waals surface area contributed by atoms with Crippen molar-refractivity contribution in [1.82, 2.24) is 5.32 Å². The van der Waals surface area contributed by atoms with Gasteiger partial charge in [0.15, 0.2) is 0 Å². The molecule has 0 bridgehead atoms. The Balaban J connectivity index is 1.98. The average molecular weight is 362 g/mol. The molecule has 6 nitrogen and oxygen atoms in total. The van der Waals surface area contributed by atoms with Crippen LogP contribution in [0.2, 0.25) is 0 Å². The second-order valence-electron chi connectivity index (χ2n) is 5.25. The van der Waals surface area contributed by atoms with Gasteiger partial charge in [0, 0.05) is 12.6 Å². The minimum atomic E-state index is -1.14. The summed E-state index contributed by atoms with van der Waals surface area (Å²) in [6, 6.07) is 10.5. The number of esters is 1. The fourth-order valence-corrected chi connectivity index (χ4v) is 2.14. The number of hydrogen-bond acceptors (Lipinski definition) is 4. The van der Waals surface area contributed by atoms with Crippen molar-refractivity contribution in [3.8, 4) is 0 Å². The molecule has 2 amide bonds. The number of ether oxygens (including phenoxy) is 1. The van der Waals surface area contributed by atoms with E-state index >= 15 is 0 Å². The standard InChI is InChI=1S/C18H16F2N2O4/c1-26-18(25)12-9-15(14(20)10-13(12)19)22-17(24)16(23)21-8-7-11-5-3-2-4-6-11/h2-6,9-10H,7-8H2,1H3,(H,21,23)(H,22,24). The van der Waals surface area contributed by atoms with Gasteiger partial charge < -0.3 is 15.4 Å². The highest BCUT2D eigenvalue weighted by Crippen LogP contribution is 2.20. The molecule has 0 aromatic heterocycles. The molecule has 2 aromatic rings. The van der Waals surface area contributed by atoms with Gasteiger partial charge in [-0.1, -0.05) is 30.3 Å². The predicted octanol–water partition coefficient (Wildman–Crippen LogP) is 2.05. The number of carbonyl (C=O) groups is 3. The quantitative estimate of drug-likeness (QED) is 0.630. The van der Waals surface area contributed by atoms with E-state index in [-0.39, 0.29) is 6.54 Å². The Labute approximate surface area is 148 Å². The number of amides is 2. The van der Waals surface area contributed by atoms with E-state index in [4.69, 9.17) is 0 Å². The lowest BCUT2D eigenvalue weighted by Crippen LogP contribution is -2.36. The summed E-state index contributed by atoms with van der Waals surface area (Å²) >= 11 is 0. The largest absolute Gasteiger partial charge is 0.465 e. The predicted molar refractivity (Wildman–Crippen MR) is 89.5 cm³/mol. The minimum Gasteiger partial charge on any atom is -0.465 e. The second kappa shape index (κ2) is 8.70. The fraction of sp³-hybridized carbons (Fsp3) is 0.167. The number of rotatable bonds is 5. The van der Waals surface area contributed by atoms with E-state index in [2.05, 4.69) is 10.1 Å². The van der Waals surface area contributed by atoms with Crippen LogP contribution >= 0.6 is 0 Å². The minimum absolute atomic E-state index is 0.204. The van der Waals surface area contributed by atoms with Crippen LogP contribution in [-0.4, -0.2) is 31.4 Å². The molecule has 0 spiro atoms. The third-order valence-corrected chi connectivity index (χ3v) is 3.46. The molecule has 8 heteroatoms. The molecule has 2 N–H and O–H groups in total. The summed E-state index contributed by atoms with van der Waals surface area (Å²) in [5, 5.41) is 4.40. The number of anilines is 1. The molecule has 0 saturated heterocycles. The Kier molecular flexibility index (Phi) is 6.37. The maximum absolute atomic E-state index is 13.8. The topological polar surface area (TPSA) is 84.5 Å². The van der Waals surface area contributed by atoms with E-state index < -0.39 is 40.7 Å². The molecule has 0 saturated carbocycles. The van der Waals surface area contributed by atoms with Crippen molar-refractivity contribution >= 4 is 23.5 Å². The zero-order valence-electron chi connectivity index (χ0n) is 13.8.